The molecule has 2 heterocycles. The number of carbonyl (C=O) groups is 1. The van der Waals surface area contributed by atoms with Crippen LogP contribution in [0.5, 0.6) is 11.5 Å². The number of aromatic nitrogens is 3. The number of hydrogen-bond acceptors (Lipinski definition) is 4. The van der Waals surface area contributed by atoms with Crippen LogP contribution in [-0.2, 0) is 0 Å². The molecule has 0 aliphatic rings. The lowest BCUT2D eigenvalue weighted by atomic mass is 10.1. The standard InChI is InChI=1S/C22H19N3O2/c1-15(2)22(26)25-13-20(19-12-23-14-24-21(19)25)16-8-10-18(11-9-16)27-17-6-4-3-5-7-17/h3-15H,1-2H3. The average Bonchev–Trinajstić information content (AvgIpc) is 3.08. The van der Waals surface area contributed by atoms with Crippen molar-refractivity contribution in [1.82, 2.24) is 14.5 Å². The minimum atomic E-state index is -0.120. The highest BCUT2D eigenvalue weighted by Crippen LogP contribution is 2.31. The smallest absolute Gasteiger partial charge is 0.234 e. The summed E-state index contributed by atoms with van der Waals surface area (Å²) in [6.07, 6.45) is 5.05. The molecule has 2 aromatic heterocycles. The maximum atomic E-state index is 12.5. The molecule has 0 amide bonds. The van der Waals surface area contributed by atoms with Gasteiger partial charge in [-0.05, 0) is 29.8 Å². The van der Waals surface area contributed by atoms with E-state index in [0.29, 0.717) is 5.65 Å². The Morgan fingerprint density at radius 2 is 1.70 bits per heavy atom. The maximum Gasteiger partial charge on any atom is 0.234 e. The van der Waals surface area contributed by atoms with Gasteiger partial charge in [-0.15, -0.1) is 0 Å². The van der Waals surface area contributed by atoms with Gasteiger partial charge >= 0.3 is 0 Å². The van der Waals surface area contributed by atoms with E-state index < -0.39 is 0 Å². The second-order valence-electron chi connectivity index (χ2n) is 6.61. The van der Waals surface area contributed by atoms with Crippen molar-refractivity contribution in [1.29, 1.82) is 0 Å². The molecule has 0 radical (unpaired) electrons. The fraction of sp³-hybridized carbons (Fsp3) is 0.136. The van der Waals surface area contributed by atoms with E-state index in [2.05, 4.69) is 9.97 Å². The fourth-order valence-electron chi connectivity index (χ4n) is 2.97. The van der Waals surface area contributed by atoms with E-state index in [4.69, 9.17) is 4.74 Å². The number of rotatable bonds is 4. The predicted molar refractivity (Wildman–Crippen MR) is 105 cm³/mol. The maximum absolute atomic E-state index is 12.5. The molecule has 0 aliphatic heterocycles. The first-order valence-corrected chi connectivity index (χ1v) is 8.82. The molecule has 0 unspecified atom stereocenters. The van der Waals surface area contributed by atoms with E-state index in [0.717, 1.165) is 28.0 Å². The summed E-state index contributed by atoms with van der Waals surface area (Å²) in [6, 6.07) is 17.4. The van der Waals surface area contributed by atoms with Gasteiger partial charge in [0, 0.05) is 29.3 Å². The zero-order chi connectivity index (χ0) is 18.8. The summed E-state index contributed by atoms with van der Waals surface area (Å²) in [7, 11) is 0. The van der Waals surface area contributed by atoms with Crippen molar-refractivity contribution in [2.24, 2.45) is 5.92 Å². The van der Waals surface area contributed by atoms with Crippen LogP contribution >= 0.6 is 0 Å². The van der Waals surface area contributed by atoms with Crippen LogP contribution in [0.4, 0.5) is 0 Å². The van der Waals surface area contributed by atoms with E-state index in [9.17, 15) is 4.79 Å². The van der Waals surface area contributed by atoms with Crippen molar-refractivity contribution >= 4 is 16.9 Å². The molecule has 0 aliphatic carbocycles. The van der Waals surface area contributed by atoms with E-state index in [-0.39, 0.29) is 11.8 Å². The first kappa shape index (κ1) is 17.0. The molecule has 0 N–H and O–H groups in total. The molecular formula is C22H19N3O2. The van der Waals surface area contributed by atoms with Crippen molar-refractivity contribution in [3.8, 4) is 22.6 Å². The molecule has 4 aromatic rings. The van der Waals surface area contributed by atoms with Crippen molar-refractivity contribution < 1.29 is 9.53 Å². The molecule has 0 atom stereocenters. The van der Waals surface area contributed by atoms with Gasteiger partial charge < -0.3 is 4.74 Å². The Hall–Kier alpha value is -3.47. The summed E-state index contributed by atoms with van der Waals surface area (Å²) in [5.41, 5.74) is 2.53. The monoisotopic (exact) mass is 357 g/mol. The SMILES string of the molecule is CC(C)C(=O)n1cc(-c2ccc(Oc3ccccc3)cc2)c2cncnc21. The molecule has 0 spiro atoms. The topological polar surface area (TPSA) is 57.0 Å². The molecule has 5 heteroatoms. The van der Waals surface area contributed by atoms with Crippen LogP contribution < -0.4 is 4.74 Å². The minimum absolute atomic E-state index is 0.00832. The van der Waals surface area contributed by atoms with Gasteiger partial charge in [0.1, 0.15) is 17.8 Å². The molecule has 0 saturated carbocycles. The quantitative estimate of drug-likeness (QED) is 0.504. The normalized spacial score (nSPS) is 11.1. The van der Waals surface area contributed by atoms with Gasteiger partial charge in [-0.2, -0.15) is 0 Å². The second-order valence-corrected chi connectivity index (χ2v) is 6.61. The third-order valence-electron chi connectivity index (χ3n) is 4.34. The highest BCUT2D eigenvalue weighted by atomic mass is 16.5. The number of hydrogen-bond donors (Lipinski definition) is 0. The Bertz CT molecular complexity index is 1080. The lowest BCUT2D eigenvalue weighted by Crippen LogP contribution is -2.16. The summed E-state index contributed by atoms with van der Waals surface area (Å²) >= 11 is 0. The summed E-state index contributed by atoms with van der Waals surface area (Å²) in [5, 5.41) is 0.850. The van der Waals surface area contributed by atoms with Crippen LogP contribution in [-0.4, -0.2) is 20.4 Å². The van der Waals surface area contributed by atoms with E-state index in [1.54, 1.807) is 10.8 Å². The zero-order valence-electron chi connectivity index (χ0n) is 15.2. The average molecular weight is 357 g/mol. The van der Waals surface area contributed by atoms with Crippen LogP contribution in [0, 0.1) is 5.92 Å². The van der Waals surface area contributed by atoms with Gasteiger partial charge in [-0.1, -0.05) is 44.2 Å². The van der Waals surface area contributed by atoms with E-state index in [1.165, 1.54) is 6.33 Å². The number of nitrogens with zero attached hydrogens (tertiary/aromatic N) is 3. The first-order chi connectivity index (χ1) is 13.1. The summed E-state index contributed by atoms with van der Waals surface area (Å²) in [4.78, 5) is 21.0. The zero-order valence-corrected chi connectivity index (χ0v) is 15.2. The van der Waals surface area contributed by atoms with Gasteiger partial charge in [-0.3, -0.25) is 9.36 Å². The summed E-state index contributed by atoms with van der Waals surface area (Å²) < 4.78 is 7.46. The fourth-order valence-corrected chi connectivity index (χ4v) is 2.97. The highest BCUT2D eigenvalue weighted by Gasteiger charge is 2.18. The van der Waals surface area contributed by atoms with Crippen LogP contribution in [0.15, 0.2) is 73.3 Å². The van der Waals surface area contributed by atoms with Crippen molar-refractivity contribution in [2.75, 3.05) is 0 Å². The van der Waals surface area contributed by atoms with Crippen LogP contribution in [0.1, 0.15) is 18.6 Å². The third kappa shape index (κ3) is 3.31. The van der Waals surface area contributed by atoms with Gasteiger partial charge in [0.15, 0.2) is 5.65 Å². The molecule has 27 heavy (non-hydrogen) atoms. The molecule has 0 fully saturated rings. The van der Waals surface area contributed by atoms with Gasteiger partial charge in [-0.25, -0.2) is 9.97 Å². The Morgan fingerprint density at radius 1 is 1.00 bits per heavy atom. The number of carbonyl (C=O) groups excluding carboxylic acids is 1. The molecule has 2 aromatic carbocycles. The Balaban J connectivity index is 1.71. The van der Waals surface area contributed by atoms with Crippen molar-refractivity contribution in [3.05, 3.63) is 73.3 Å². The number of ether oxygens (including phenoxy) is 1. The Kier molecular flexibility index (Phi) is 4.42. The Morgan fingerprint density at radius 3 is 2.41 bits per heavy atom. The summed E-state index contributed by atoms with van der Waals surface area (Å²) in [5.74, 6) is 1.43. The number of benzene rings is 2. The lowest BCUT2D eigenvalue weighted by molar-refractivity contribution is 0.0860. The molecule has 5 nitrogen and oxygen atoms in total. The minimum Gasteiger partial charge on any atom is -0.457 e. The van der Waals surface area contributed by atoms with Crippen LogP contribution in [0.3, 0.4) is 0 Å². The van der Waals surface area contributed by atoms with Crippen molar-refractivity contribution in [2.45, 2.75) is 13.8 Å². The Labute approximate surface area is 157 Å². The molecule has 4 rings (SSSR count). The highest BCUT2D eigenvalue weighted by molar-refractivity contribution is 6.00. The largest absolute Gasteiger partial charge is 0.457 e. The second kappa shape index (κ2) is 7.03. The van der Waals surface area contributed by atoms with Gasteiger partial charge in [0.2, 0.25) is 5.91 Å². The van der Waals surface area contributed by atoms with E-state index >= 15 is 0 Å². The molecular weight excluding hydrogens is 338 g/mol. The van der Waals surface area contributed by atoms with Gasteiger partial charge in [0.05, 0.1) is 0 Å². The lowest BCUT2D eigenvalue weighted by Gasteiger charge is -2.06. The summed E-state index contributed by atoms with van der Waals surface area (Å²) in [6.45, 7) is 3.76. The number of para-hydroxylation sites is 1. The number of fused-ring (bicyclic) bond motifs is 1. The molecule has 0 bridgehead atoms. The van der Waals surface area contributed by atoms with Crippen LogP contribution in [0.2, 0.25) is 0 Å². The third-order valence-corrected chi connectivity index (χ3v) is 4.34. The van der Waals surface area contributed by atoms with Crippen molar-refractivity contribution in [3.63, 3.8) is 0 Å². The van der Waals surface area contributed by atoms with Gasteiger partial charge in [0.25, 0.3) is 0 Å². The molecule has 134 valence electrons. The first-order valence-electron chi connectivity index (χ1n) is 8.82. The predicted octanol–water partition coefficient (Wildman–Crippen LogP) is 5.19. The molecule has 0 saturated heterocycles. The van der Waals surface area contributed by atoms with E-state index in [1.807, 2.05) is 74.6 Å². The van der Waals surface area contributed by atoms with Crippen LogP contribution in [0.25, 0.3) is 22.2 Å².